The minimum absolute atomic E-state index is 0.00957. The molecule has 1 rings (SSSR count). The standard InChI is InChI=1S/C20H39N2O5P.C14H19N3O4.C2H4O.C2H6/c1-15(2)17(4)22-19(25)14-28(7)27-12-10-20(5,6)26-13-11-21-18(24)9-8-16(3)23;1-3-15-14(20)21-8-11-4-6-12(7-5-11)17-13(19)10(2)16-9-18;1-2-3;1-2/h15,17H,8-14H2,1-7H3,(H,21,24)(H,22,25);4-7,9-10H,3,8H2,1-2H3,(H,15,20)(H,16,18)(H,17,19);2H,1H3;1-2H3. The lowest BCUT2D eigenvalue weighted by atomic mass is 10.1. The van der Waals surface area contributed by atoms with E-state index in [1.807, 2.05) is 41.3 Å². The largest absolute Gasteiger partial charge is 0.445 e. The molecule has 54 heavy (non-hydrogen) atoms. The predicted octanol–water partition coefficient (Wildman–Crippen LogP) is 5.10. The molecule has 5 amide bonds. The van der Waals surface area contributed by atoms with E-state index in [2.05, 4.69) is 40.4 Å². The maximum Gasteiger partial charge on any atom is 0.407 e. The summed E-state index contributed by atoms with van der Waals surface area (Å²) in [5.74, 6) is 0.000962. The number of amides is 5. The summed E-state index contributed by atoms with van der Waals surface area (Å²) in [5, 5.41) is 13.3. The van der Waals surface area contributed by atoms with Gasteiger partial charge in [-0.3, -0.25) is 19.2 Å². The fourth-order valence-electron chi connectivity index (χ4n) is 3.59. The van der Waals surface area contributed by atoms with E-state index in [0.717, 1.165) is 11.8 Å². The first kappa shape index (κ1) is 54.4. The Balaban J connectivity index is -0.000000884. The van der Waals surface area contributed by atoms with E-state index in [1.54, 1.807) is 38.1 Å². The molecule has 0 bridgehead atoms. The first-order chi connectivity index (χ1) is 25.4. The maximum atomic E-state index is 12.0. The summed E-state index contributed by atoms with van der Waals surface area (Å²) in [6, 6.07) is 6.43. The second kappa shape index (κ2) is 33.6. The molecule has 1 aromatic carbocycles. The number of Topliss-reactive ketones (excluding diaryl/α,β-unsaturated/α-hetero) is 1. The molecule has 0 saturated heterocycles. The predicted molar refractivity (Wildman–Crippen MR) is 214 cm³/mol. The number of nitrogens with one attached hydrogen (secondary N) is 5. The highest BCUT2D eigenvalue weighted by Crippen LogP contribution is 2.32. The first-order valence-corrected chi connectivity index (χ1v) is 20.2. The Bertz CT molecular complexity index is 1220. The number of anilines is 1. The Morgan fingerprint density at radius 2 is 1.50 bits per heavy atom. The number of carbonyl (C=O) groups excluding carboxylic acids is 7. The fraction of sp³-hybridized carbons (Fsp3) is 0.658. The Morgan fingerprint density at radius 3 is 2.02 bits per heavy atom. The average Bonchev–Trinajstić information content (AvgIpc) is 3.10. The summed E-state index contributed by atoms with van der Waals surface area (Å²) < 4.78 is 16.6. The third kappa shape index (κ3) is 32.7. The van der Waals surface area contributed by atoms with Crippen molar-refractivity contribution in [2.45, 2.75) is 120 Å². The summed E-state index contributed by atoms with van der Waals surface area (Å²) in [6.07, 6.45) is 2.34. The maximum absolute atomic E-state index is 12.0. The zero-order valence-corrected chi connectivity index (χ0v) is 35.5. The third-order valence-electron chi connectivity index (χ3n) is 7.02. The van der Waals surface area contributed by atoms with Crippen LogP contribution < -0.4 is 26.6 Å². The van der Waals surface area contributed by atoms with Crippen molar-refractivity contribution in [2.24, 2.45) is 5.92 Å². The van der Waals surface area contributed by atoms with E-state index in [0.29, 0.717) is 56.9 Å². The number of benzene rings is 1. The fourth-order valence-corrected chi connectivity index (χ4v) is 4.58. The monoisotopic (exact) mass is 785 g/mol. The van der Waals surface area contributed by atoms with E-state index >= 15 is 0 Å². The van der Waals surface area contributed by atoms with Crippen LogP contribution in [0.2, 0.25) is 0 Å². The van der Waals surface area contributed by atoms with E-state index in [1.165, 1.54) is 13.8 Å². The summed E-state index contributed by atoms with van der Waals surface area (Å²) in [6.45, 7) is 24.4. The van der Waals surface area contributed by atoms with Gasteiger partial charge in [-0.25, -0.2) is 4.79 Å². The van der Waals surface area contributed by atoms with Crippen LogP contribution in [0.5, 0.6) is 0 Å². The molecule has 3 atom stereocenters. The summed E-state index contributed by atoms with van der Waals surface area (Å²) >= 11 is 0. The molecule has 0 aliphatic rings. The highest BCUT2D eigenvalue weighted by atomic mass is 31.1. The van der Waals surface area contributed by atoms with Gasteiger partial charge >= 0.3 is 6.09 Å². The van der Waals surface area contributed by atoms with E-state index < -0.39 is 20.3 Å². The molecular weight excluding hydrogens is 717 g/mol. The normalized spacial score (nSPS) is 11.9. The van der Waals surface area contributed by atoms with Gasteiger partial charge in [-0.05, 0) is 85.2 Å². The second-order valence-electron chi connectivity index (χ2n) is 12.7. The number of hydrogen-bond acceptors (Lipinski definition) is 10. The van der Waals surface area contributed by atoms with Gasteiger partial charge in [0.05, 0.1) is 25.0 Å². The van der Waals surface area contributed by atoms with Crippen molar-refractivity contribution in [3.8, 4) is 0 Å². The highest BCUT2D eigenvalue weighted by Gasteiger charge is 2.20. The third-order valence-corrected chi connectivity index (χ3v) is 8.37. The number of alkyl carbamates (subject to hydrolysis) is 1. The number of ketones is 1. The van der Waals surface area contributed by atoms with Gasteiger partial charge in [0.2, 0.25) is 24.1 Å². The van der Waals surface area contributed by atoms with Crippen molar-refractivity contribution < 1.29 is 47.6 Å². The minimum Gasteiger partial charge on any atom is -0.445 e. The number of hydrogen-bond donors (Lipinski definition) is 5. The van der Waals surface area contributed by atoms with Gasteiger partial charge < -0.3 is 50.2 Å². The van der Waals surface area contributed by atoms with E-state index in [9.17, 15) is 28.8 Å². The van der Waals surface area contributed by atoms with E-state index in [4.69, 9.17) is 18.8 Å². The molecular formula is C38H68N5O10P. The molecule has 5 N–H and O–H groups in total. The van der Waals surface area contributed by atoms with Crippen LogP contribution in [0.4, 0.5) is 10.5 Å². The van der Waals surface area contributed by atoms with Crippen molar-refractivity contribution in [1.29, 1.82) is 0 Å². The molecule has 0 radical (unpaired) electrons. The van der Waals surface area contributed by atoms with E-state index in [-0.39, 0.29) is 54.6 Å². The molecule has 0 aromatic heterocycles. The van der Waals surface area contributed by atoms with Crippen LogP contribution in [0, 0.1) is 5.92 Å². The lowest BCUT2D eigenvalue weighted by molar-refractivity contribution is -0.125. The van der Waals surface area contributed by atoms with Crippen LogP contribution in [0.25, 0.3) is 0 Å². The molecule has 0 aliphatic carbocycles. The number of rotatable bonds is 22. The van der Waals surface area contributed by atoms with Crippen LogP contribution in [-0.2, 0) is 49.4 Å². The van der Waals surface area contributed by atoms with Gasteiger partial charge in [0, 0.05) is 45.8 Å². The molecule has 3 unspecified atom stereocenters. The number of aldehydes is 1. The topological polar surface area (TPSA) is 207 Å². The van der Waals surface area contributed by atoms with Crippen LogP contribution in [0.1, 0.15) is 101 Å². The molecule has 0 fully saturated rings. The lowest BCUT2D eigenvalue weighted by Crippen LogP contribution is -2.37. The lowest BCUT2D eigenvalue weighted by Gasteiger charge is -2.26. The first-order valence-electron chi connectivity index (χ1n) is 18.3. The smallest absolute Gasteiger partial charge is 0.407 e. The van der Waals surface area contributed by atoms with Crippen molar-refractivity contribution in [3.05, 3.63) is 29.8 Å². The van der Waals surface area contributed by atoms with Gasteiger partial charge in [-0.2, -0.15) is 0 Å². The molecule has 310 valence electrons. The van der Waals surface area contributed by atoms with Crippen molar-refractivity contribution >= 4 is 56.1 Å². The van der Waals surface area contributed by atoms with Crippen LogP contribution in [-0.4, -0.2) is 99.1 Å². The molecule has 0 aliphatic heterocycles. The summed E-state index contributed by atoms with van der Waals surface area (Å²) in [4.78, 5) is 76.2. The zero-order valence-electron chi connectivity index (χ0n) is 34.6. The van der Waals surface area contributed by atoms with Gasteiger partial charge in [-0.15, -0.1) is 0 Å². The molecule has 1 aromatic rings. The van der Waals surface area contributed by atoms with Gasteiger partial charge in [0.25, 0.3) is 0 Å². The minimum atomic E-state index is -0.809. The Labute approximate surface area is 324 Å². The average molecular weight is 786 g/mol. The Kier molecular flexibility index (Phi) is 33.9. The Morgan fingerprint density at radius 1 is 0.907 bits per heavy atom. The molecule has 0 saturated carbocycles. The van der Waals surface area contributed by atoms with Gasteiger partial charge in [0.15, 0.2) is 0 Å². The van der Waals surface area contributed by atoms with Crippen molar-refractivity contribution in [1.82, 2.24) is 21.3 Å². The molecule has 0 spiro atoms. The molecule has 0 heterocycles. The molecule has 16 heteroatoms. The van der Waals surface area contributed by atoms with Crippen LogP contribution >= 0.6 is 8.15 Å². The van der Waals surface area contributed by atoms with Crippen LogP contribution in [0.15, 0.2) is 24.3 Å². The highest BCUT2D eigenvalue weighted by molar-refractivity contribution is 7.52. The SMILES string of the molecule is CC.CC(=O)CCC(=O)NCCOC(C)(C)CCOP(C)CC(=O)NC(C)C(C)C.CC=O.CCNC(=O)OCc1ccc(NC(=O)C(C)NC=O)cc1. The van der Waals surface area contributed by atoms with Gasteiger partial charge in [0.1, 0.15) is 24.7 Å². The van der Waals surface area contributed by atoms with Crippen molar-refractivity contribution in [2.75, 3.05) is 44.4 Å². The van der Waals surface area contributed by atoms with Crippen LogP contribution in [0.3, 0.4) is 0 Å². The zero-order chi connectivity index (χ0) is 42.1. The van der Waals surface area contributed by atoms with Crippen molar-refractivity contribution in [3.63, 3.8) is 0 Å². The Hall–Kier alpha value is -3.94. The van der Waals surface area contributed by atoms with Gasteiger partial charge in [-0.1, -0.05) is 39.8 Å². The summed E-state index contributed by atoms with van der Waals surface area (Å²) in [7, 11) is -0.809. The second-order valence-corrected chi connectivity index (χ2v) is 14.5. The summed E-state index contributed by atoms with van der Waals surface area (Å²) in [5.41, 5.74) is 1.02. The molecule has 15 nitrogen and oxygen atoms in total. The number of carbonyl (C=O) groups is 7. The number of ether oxygens (including phenoxy) is 2. The quantitative estimate of drug-likeness (QED) is 0.0597.